The van der Waals surface area contributed by atoms with Crippen LogP contribution in [0.4, 0.5) is 0 Å². The van der Waals surface area contributed by atoms with Gasteiger partial charge in [0.25, 0.3) is 0 Å². The van der Waals surface area contributed by atoms with Gasteiger partial charge in [0.15, 0.2) is 0 Å². The van der Waals surface area contributed by atoms with Gasteiger partial charge < -0.3 is 0 Å². The highest BCUT2D eigenvalue weighted by molar-refractivity contribution is 6.05. The highest BCUT2D eigenvalue weighted by Gasteiger charge is 2.11. The fraction of sp³-hybridized carbons (Fsp3) is 0. The Morgan fingerprint density at radius 3 is 1.86 bits per heavy atom. The first-order valence-electron chi connectivity index (χ1n) is 11.9. The van der Waals surface area contributed by atoms with Crippen molar-refractivity contribution >= 4 is 32.6 Å². The third-order valence-electron chi connectivity index (χ3n) is 6.72. The van der Waals surface area contributed by atoms with Crippen LogP contribution in [0.15, 0.2) is 122 Å². The molecule has 0 radical (unpaired) electrons. The van der Waals surface area contributed by atoms with Crippen molar-refractivity contribution in [1.82, 2.24) is 19.9 Å². The first-order chi connectivity index (χ1) is 17.8. The number of nitrogens with zero attached hydrogens (tertiary/aromatic N) is 4. The van der Waals surface area contributed by atoms with Gasteiger partial charge in [-0.25, -0.2) is 15.0 Å². The summed E-state index contributed by atoms with van der Waals surface area (Å²) in [5.74, 6) is 0. The van der Waals surface area contributed by atoms with Crippen LogP contribution in [0.1, 0.15) is 0 Å². The van der Waals surface area contributed by atoms with Crippen molar-refractivity contribution in [3.63, 3.8) is 0 Å². The second-order valence-corrected chi connectivity index (χ2v) is 8.82. The number of benzene rings is 4. The molecule has 36 heavy (non-hydrogen) atoms. The minimum Gasteiger partial charge on any atom is -0.254 e. The Bertz CT molecular complexity index is 1880. The largest absolute Gasteiger partial charge is 0.254 e. The van der Waals surface area contributed by atoms with Gasteiger partial charge in [-0.3, -0.25) is 4.98 Å². The predicted molar refractivity (Wildman–Crippen MR) is 146 cm³/mol. The molecule has 7 rings (SSSR count). The van der Waals surface area contributed by atoms with E-state index in [9.17, 15) is 0 Å². The van der Waals surface area contributed by atoms with E-state index in [4.69, 9.17) is 4.98 Å². The summed E-state index contributed by atoms with van der Waals surface area (Å²) >= 11 is 0. The lowest BCUT2D eigenvalue weighted by atomic mass is 9.92. The topological polar surface area (TPSA) is 51.6 Å². The zero-order valence-electron chi connectivity index (χ0n) is 19.3. The summed E-state index contributed by atoms with van der Waals surface area (Å²) in [4.78, 5) is 18.0. The van der Waals surface area contributed by atoms with Gasteiger partial charge in [-0.15, -0.1) is 0 Å². The minimum absolute atomic E-state index is 0.932. The number of hydrogen-bond acceptors (Lipinski definition) is 4. The van der Waals surface area contributed by atoms with E-state index in [0.29, 0.717) is 0 Å². The Morgan fingerprint density at radius 1 is 0.472 bits per heavy atom. The van der Waals surface area contributed by atoms with E-state index in [1.54, 1.807) is 6.33 Å². The third-order valence-corrected chi connectivity index (χ3v) is 6.72. The smallest absolute Gasteiger partial charge is 0.115 e. The van der Waals surface area contributed by atoms with Crippen LogP contribution in [0.5, 0.6) is 0 Å². The zero-order chi connectivity index (χ0) is 23.9. The summed E-state index contributed by atoms with van der Waals surface area (Å²) in [5.41, 5.74) is 8.39. The van der Waals surface area contributed by atoms with Crippen molar-refractivity contribution in [2.75, 3.05) is 0 Å². The second-order valence-electron chi connectivity index (χ2n) is 8.82. The average molecular weight is 461 g/mol. The molecule has 0 bridgehead atoms. The van der Waals surface area contributed by atoms with E-state index < -0.39 is 0 Å². The zero-order valence-corrected chi connectivity index (χ0v) is 19.3. The van der Waals surface area contributed by atoms with Crippen LogP contribution in [0.25, 0.3) is 66.1 Å². The van der Waals surface area contributed by atoms with Gasteiger partial charge in [-0.1, -0.05) is 84.9 Å². The summed E-state index contributed by atoms with van der Waals surface area (Å²) in [7, 11) is 0. The minimum atomic E-state index is 0.932. The number of pyridine rings is 2. The Morgan fingerprint density at radius 2 is 1.11 bits per heavy atom. The number of fused-ring (bicyclic) bond motifs is 4. The Kier molecular flexibility index (Phi) is 4.74. The standard InChI is InChI=1S/C32H20N4/c1-2-6-29-27(25-18-33-20-34-19-25)15-14-26(28(29)5-1)21-7-9-22(10-8-21)30-16-13-24-12-11-23-4-3-17-35-31(23)32(24)36-30/h1-20H. The van der Waals surface area contributed by atoms with E-state index in [2.05, 4.69) is 106 Å². The molecule has 0 aliphatic rings. The molecule has 3 aromatic heterocycles. The molecule has 7 aromatic rings. The van der Waals surface area contributed by atoms with Crippen LogP contribution in [-0.2, 0) is 0 Å². The van der Waals surface area contributed by atoms with Crippen molar-refractivity contribution in [2.24, 2.45) is 0 Å². The fourth-order valence-electron chi connectivity index (χ4n) is 4.95. The first-order valence-corrected chi connectivity index (χ1v) is 11.9. The fourth-order valence-corrected chi connectivity index (χ4v) is 4.95. The molecule has 168 valence electrons. The lowest BCUT2D eigenvalue weighted by molar-refractivity contribution is 1.17. The molecule has 4 aromatic carbocycles. The molecule has 4 nitrogen and oxygen atoms in total. The Hall–Kier alpha value is -4.96. The van der Waals surface area contributed by atoms with Gasteiger partial charge in [0.05, 0.1) is 16.7 Å². The second kappa shape index (κ2) is 8.36. The van der Waals surface area contributed by atoms with Crippen LogP contribution < -0.4 is 0 Å². The maximum atomic E-state index is 5.00. The van der Waals surface area contributed by atoms with Crippen molar-refractivity contribution < 1.29 is 0 Å². The van der Waals surface area contributed by atoms with Crippen molar-refractivity contribution in [1.29, 1.82) is 0 Å². The van der Waals surface area contributed by atoms with Crippen LogP contribution in [0.3, 0.4) is 0 Å². The summed E-state index contributed by atoms with van der Waals surface area (Å²) in [5, 5.41) is 4.58. The molecule has 0 unspecified atom stereocenters. The van der Waals surface area contributed by atoms with Gasteiger partial charge in [-0.2, -0.15) is 0 Å². The van der Waals surface area contributed by atoms with Crippen molar-refractivity contribution in [3.8, 4) is 33.5 Å². The molecule has 0 saturated carbocycles. The molecule has 0 N–H and O–H groups in total. The van der Waals surface area contributed by atoms with E-state index in [1.165, 1.54) is 21.9 Å². The first kappa shape index (κ1) is 20.4. The highest BCUT2D eigenvalue weighted by Crippen LogP contribution is 2.36. The monoisotopic (exact) mass is 460 g/mol. The molecule has 4 heteroatoms. The summed E-state index contributed by atoms with van der Waals surface area (Å²) < 4.78 is 0. The Labute approximate surface area is 208 Å². The van der Waals surface area contributed by atoms with Crippen molar-refractivity contribution in [3.05, 3.63) is 122 Å². The van der Waals surface area contributed by atoms with Gasteiger partial charge in [0.2, 0.25) is 0 Å². The SMILES string of the molecule is c1cnc2c(c1)ccc1ccc(-c3ccc(-c4ccc(-c5cncnc5)c5ccccc45)cc3)nc12. The number of rotatable bonds is 3. The Balaban J connectivity index is 1.31. The molecule has 3 heterocycles. The molecular formula is C32H20N4. The molecule has 0 fully saturated rings. The average Bonchev–Trinajstić information content (AvgIpc) is 2.97. The quantitative estimate of drug-likeness (QED) is 0.253. The molecule has 0 aliphatic carbocycles. The summed E-state index contributed by atoms with van der Waals surface area (Å²) in [6.07, 6.45) is 7.10. The lowest BCUT2D eigenvalue weighted by Gasteiger charge is -2.12. The van der Waals surface area contributed by atoms with Crippen LogP contribution in [-0.4, -0.2) is 19.9 Å². The number of hydrogen-bond donors (Lipinski definition) is 0. The van der Waals surface area contributed by atoms with Gasteiger partial charge in [0.1, 0.15) is 6.33 Å². The van der Waals surface area contributed by atoms with Crippen molar-refractivity contribution in [2.45, 2.75) is 0 Å². The summed E-state index contributed by atoms with van der Waals surface area (Å²) in [6.45, 7) is 0. The van der Waals surface area contributed by atoms with Crippen LogP contribution >= 0.6 is 0 Å². The maximum Gasteiger partial charge on any atom is 0.115 e. The van der Waals surface area contributed by atoms with Gasteiger partial charge in [-0.05, 0) is 39.6 Å². The van der Waals surface area contributed by atoms with E-state index >= 15 is 0 Å². The van der Waals surface area contributed by atoms with Gasteiger partial charge >= 0.3 is 0 Å². The van der Waals surface area contributed by atoms with E-state index in [1.807, 2.05) is 24.7 Å². The predicted octanol–water partition coefficient (Wildman–Crippen LogP) is 7.73. The van der Waals surface area contributed by atoms with E-state index in [-0.39, 0.29) is 0 Å². The molecule has 0 saturated heterocycles. The third kappa shape index (κ3) is 3.39. The number of aromatic nitrogens is 4. The van der Waals surface area contributed by atoms with Crippen LogP contribution in [0, 0.1) is 0 Å². The highest BCUT2D eigenvalue weighted by atomic mass is 14.8. The normalized spacial score (nSPS) is 11.3. The molecule has 0 atom stereocenters. The molecule has 0 amide bonds. The van der Waals surface area contributed by atoms with E-state index in [0.717, 1.165) is 44.2 Å². The summed E-state index contributed by atoms with van der Waals surface area (Å²) in [6, 6.07) is 33.9. The maximum absolute atomic E-state index is 5.00. The molecule has 0 aliphatic heterocycles. The van der Waals surface area contributed by atoms with Gasteiger partial charge in [0, 0.05) is 40.5 Å². The molecular weight excluding hydrogens is 440 g/mol. The van der Waals surface area contributed by atoms with Crippen LogP contribution in [0.2, 0.25) is 0 Å². The molecule has 0 spiro atoms. The lowest BCUT2D eigenvalue weighted by Crippen LogP contribution is -1.89.